The van der Waals surface area contributed by atoms with Gasteiger partial charge in [-0.1, -0.05) is 75.0 Å². The van der Waals surface area contributed by atoms with E-state index in [-0.39, 0.29) is 11.2 Å². The number of rotatable bonds is 4. The molecular weight excluding hydrogens is 318 g/mol. The van der Waals surface area contributed by atoms with Crippen LogP contribution >= 0.6 is 11.8 Å². The Labute approximate surface area is 147 Å². The normalized spacial score (nSPS) is 12.7. The fourth-order valence-corrected chi connectivity index (χ4v) is 2.79. The molecule has 126 valence electrons. The Morgan fingerprint density at radius 1 is 1.12 bits per heavy atom. The Kier molecular flexibility index (Phi) is 6.04. The van der Waals surface area contributed by atoms with E-state index in [9.17, 15) is 5.11 Å². The number of thioether (sulfide) groups is 1. The average Bonchev–Trinajstić information content (AvgIpc) is 2.54. The van der Waals surface area contributed by atoms with Gasteiger partial charge in [0.05, 0.1) is 6.21 Å². The van der Waals surface area contributed by atoms with Crippen molar-refractivity contribution in [2.45, 2.75) is 31.9 Å². The highest BCUT2D eigenvalue weighted by atomic mass is 32.2. The molecule has 0 aliphatic heterocycles. The average molecular weight is 341 g/mol. The predicted octanol–water partition coefficient (Wildman–Crippen LogP) is 4.27. The molecule has 0 bridgehead atoms. The molecule has 0 fully saturated rings. The molecule has 0 saturated heterocycles. The second-order valence-electron chi connectivity index (χ2n) is 6.45. The van der Waals surface area contributed by atoms with Crippen molar-refractivity contribution in [1.82, 2.24) is 0 Å². The van der Waals surface area contributed by atoms with Crippen molar-refractivity contribution in [3.05, 3.63) is 65.2 Å². The molecule has 4 nitrogen and oxygen atoms in total. The molecule has 5 heteroatoms. The summed E-state index contributed by atoms with van der Waals surface area (Å²) >= 11 is 1.43. The van der Waals surface area contributed by atoms with Gasteiger partial charge in [-0.25, -0.2) is 0 Å². The van der Waals surface area contributed by atoms with Crippen LogP contribution in [0.15, 0.2) is 58.7 Å². The molecule has 0 aromatic heterocycles. The fraction of sp³-hybridized carbons (Fsp3) is 0.263. The zero-order valence-corrected chi connectivity index (χ0v) is 15.0. The molecule has 0 aliphatic rings. The predicted molar refractivity (Wildman–Crippen MR) is 104 cm³/mol. The Morgan fingerprint density at radius 3 is 2.50 bits per heavy atom. The Bertz CT molecular complexity index is 734. The Morgan fingerprint density at radius 2 is 1.83 bits per heavy atom. The lowest BCUT2D eigenvalue weighted by Crippen LogP contribution is -2.11. The minimum absolute atomic E-state index is 0.137. The van der Waals surface area contributed by atoms with Crippen LogP contribution in [0.2, 0.25) is 0 Å². The maximum Gasteiger partial charge on any atom is 0.180 e. The first kappa shape index (κ1) is 18.1. The number of amidine groups is 1. The second-order valence-corrected chi connectivity index (χ2v) is 7.45. The summed E-state index contributed by atoms with van der Waals surface area (Å²) in [6.45, 7) is 6.16. The highest BCUT2D eigenvalue weighted by Crippen LogP contribution is 2.32. The van der Waals surface area contributed by atoms with Gasteiger partial charge in [-0.3, -0.25) is 0 Å². The second kappa shape index (κ2) is 8.02. The minimum Gasteiger partial charge on any atom is -0.507 e. The van der Waals surface area contributed by atoms with Crippen LogP contribution in [0.4, 0.5) is 0 Å². The molecule has 2 aromatic carbocycles. The topological polar surface area (TPSA) is 71.0 Å². The van der Waals surface area contributed by atoms with Crippen LogP contribution < -0.4 is 5.73 Å². The van der Waals surface area contributed by atoms with E-state index in [0.29, 0.717) is 10.7 Å². The SMILES string of the molecule is CC(C)(C)c1cccc(C=NN=C(N)SCc2ccccc2)c1O. The third kappa shape index (κ3) is 5.13. The minimum atomic E-state index is -0.137. The first-order valence-electron chi connectivity index (χ1n) is 7.73. The highest BCUT2D eigenvalue weighted by Gasteiger charge is 2.19. The lowest BCUT2D eigenvalue weighted by molar-refractivity contribution is 0.446. The summed E-state index contributed by atoms with van der Waals surface area (Å²) < 4.78 is 0. The summed E-state index contributed by atoms with van der Waals surface area (Å²) in [6, 6.07) is 15.7. The molecule has 0 aliphatic carbocycles. The molecule has 0 spiro atoms. The molecule has 0 heterocycles. The molecule has 0 amide bonds. The first-order valence-corrected chi connectivity index (χ1v) is 8.72. The van der Waals surface area contributed by atoms with E-state index in [2.05, 4.69) is 31.0 Å². The Balaban J connectivity index is 2.03. The van der Waals surface area contributed by atoms with Gasteiger partial charge >= 0.3 is 0 Å². The number of nitrogens with zero attached hydrogens (tertiary/aromatic N) is 2. The lowest BCUT2D eigenvalue weighted by Gasteiger charge is -2.20. The molecule has 0 radical (unpaired) electrons. The standard InChI is InChI=1S/C19H23N3OS/c1-19(2,3)16-11-7-10-15(17(16)23)12-21-22-18(20)24-13-14-8-5-4-6-9-14/h4-12,23H,13H2,1-3H3,(H2,20,22). The van der Waals surface area contributed by atoms with Crippen molar-refractivity contribution >= 4 is 23.1 Å². The number of phenols is 1. The smallest absolute Gasteiger partial charge is 0.180 e. The van der Waals surface area contributed by atoms with Crippen molar-refractivity contribution < 1.29 is 5.11 Å². The van der Waals surface area contributed by atoms with Crippen LogP contribution in [0.5, 0.6) is 5.75 Å². The number of benzene rings is 2. The van der Waals surface area contributed by atoms with Gasteiger partial charge in [0.25, 0.3) is 0 Å². The monoisotopic (exact) mass is 341 g/mol. The van der Waals surface area contributed by atoms with Crippen LogP contribution in [-0.2, 0) is 11.2 Å². The maximum absolute atomic E-state index is 10.4. The van der Waals surface area contributed by atoms with E-state index < -0.39 is 0 Å². The quantitative estimate of drug-likeness (QED) is 0.495. The van der Waals surface area contributed by atoms with E-state index in [1.807, 2.05) is 42.5 Å². The largest absolute Gasteiger partial charge is 0.507 e. The molecule has 2 aromatic rings. The zero-order chi connectivity index (χ0) is 17.6. The van der Waals surface area contributed by atoms with Gasteiger partial charge < -0.3 is 10.8 Å². The van der Waals surface area contributed by atoms with E-state index in [1.165, 1.54) is 23.5 Å². The number of para-hydroxylation sites is 1. The van der Waals surface area contributed by atoms with Crippen molar-refractivity contribution in [3.63, 3.8) is 0 Å². The van der Waals surface area contributed by atoms with Crippen LogP contribution in [0.25, 0.3) is 0 Å². The summed E-state index contributed by atoms with van der Waals surface area (Å²) in [6.07, 6.45) is 1.53. The molecule has 2 rings (SSSR count). The molecular formula is C19H23N3OS. The summed E-state index contributed by atoms with van der Waals surface area (Å²) in [5.74, 6) is 0.982. The summed E-state index contributed by atoms with van der Waals surface area (Å²) in [5.41, 5.74) is 8.41. The number of hydrogen-bond acceptors (Lipinski definition) is 4. The number of phenolic OH excluding ortho intramolecular Hbond substituents is 1. The van der Waals surface area contributed by atoms with E-state index in [0.717, 1.165) is 11.3 Å². The van der Waals surface area contributed by atoms with Crippen LogP contribution in [0.1, 0.15) is 37.5 Å². The number of aromatic hydroxyl groups is 1. The summed E-state index contributed by atoms with van der Waals surface area (Å²) in [5, 5.41) is 18.7. The summed E-state index contributed by atoms with van der Waals surface area (Å²) in [4.78, 5) is 0. The van der Waals surface area contributed by atoms with Crippen molar-refractivity contribution in [2.75, 3.05) is 0 Å². The van der Waals surface area contributed by atoms with Gasteiger partial charge in [-0.05, 0) is 22.6 Å². The Hall–Kier alpha value is -2.27. The van der Waals surface area contributed by atoms with Gasteiger partial charge in [-0.2, -0.15) is 5.10 Å². The maximum atomic E-state index is 10.4. The van der Waals surface area contributed by atoms with Crippen molar-refractivity contribution in [3.8, 4) is 5.75 Å². The lowest BCUT2D eigenvalue weighted by atomic mass is 9.85. The van der Waals surface area contributed by atoms with Gasteiger partial charge in [-0.15, -0.1) is 5.10 Å². The first-order chi connectivity index (χ1) is 11.4. The van der Waals surface area contributed by atoms with E-state index >= 15 is 0 Å². The molecule has 0 unspecified atom stereocenters. The molecule has 0 atom stereocenters. The fourth-order valence-electron chi connectivity index (χ4n) is 2.18. The summed E-state index contributed by atoms with van der Waals surface area (Å²) in [7, 11) is 0. The highest BCUT2D eigenvalue weighted by molar-refractivity contribution is 8.13. The van der Waals surface area contributed by atoms with Gasteiger partial charge in [0.2, 0.25) is 0 Å². The molecule has 3 N–H and O–H groups in total. The van der Waals surface area contributed by atoms with Gasteiger partial charge in [0.15, 0.2) is 5.17 Å². The number of hydrogen-bond donors (Lipinski definition) is 2. The molecule has 0 saturated carbocycles. The zero-order valence-electron chi connectivity index (χ0n) is 14.2. The van der Waals surface area contributed by atoms with E-state index in [4.69, 9.17) is 5.73 Å². The van der Waals surface area contributed by atoms with Crippen LogP contribution in [0.3, 0.4) is 0 Å². The van der Waals surface area contributed by atoms with Crippen molar-refractivity contribution in [2.24, 2.45) is 15.9 Å². The van der Waals surface area contributed by atoms with E-state index in [1.54, 1.807) is 6.07 Å². The van der Waals surface area contributed by atoms with Crippen LogP contribution in [0, 0.1) is 0 Å². The molecule has 24 heavy (non-hydrogen) atoms. The third-order valence-corrected chi connectivity index (χ3v) is 4.31. The van der Waals surface area contributed by atoms with Gasteiger partial charge in [0, 0.05) is 11.3 Å². The number of nitrogens with two attached hydrogens (primary N) is 1. The van der Waals surface area contributed by atoms with Crippen LogP contribution in [-0.4, -0.2) is 16.5 Å². The van der Waals surface area contributed by atoms with Crippen molar-refractivity contribution in [1.29, 1.82) is 0 Å². The third-order valence-electron chi connectivity index (χ3n) is 3.46. The van der Waals surface area contributed by atoms with Gasteiger partial charge in [0.1, 0.15) is 5.75 Å².